The normalized spacial score (nSPS) is 31.2. The molecule has 0 saturated heterocycles. The molecule has 2 unspecified atom stereocenters. The Bertz CT molecular complexity index is 381. The summed E-state index contributed by atoms with van der Waals surface area (Å²) in [5.74, 6) is 1.91. The van der Waals surface area contributed by atoms with E-state index >= 15 is 0 Å². The Morgan fingerprint density at radius 1 is 1.24 bits per heavy atom. The standard InChI is InChI=1S/C18H33NOS/c1-4-19(5-2)21(13-11-16(3)20)14-12-18(15-21)17-9-7-6-8-10-17/h12,14-17,20H,4-11,13H2,1-3H3. The summed E-state index contributed by atoms with van der Waals surface area (Å²) in [7, 11) is -0.965. The van der Waals surface area contributed by atoms with E-state index in [2.05, 4.69) is 35.0 Å². The third-order valence-corrected chi connectivity index (χ3v) is 8.62. The van der Waals surface area contributed by atoms with E-state index in [1.54, 1.807) is 5.57 Å². The molecule has 2 rings (SSSR count). The van der Waals surface area contributed by atoms with Gasteiger partial charge in [0, 0.05) is 13.1 Å². The van der Waals surface area contributed by atoms with Gasteiger partial charge in [-0.1, -0.05) is 39.2 Å². The number of rotatable bonds is 7. The average Bonchev–Trinajstić information content (AvgIpc) is 2.93. The molecule has 0 radical (unpaired) electrons. The number of hydrogen-bond donors (Lipinski definition) is 1. The highest BCUT2D eigenvalue weighted by molar-refractivity contribution is 8.36. The smallest absolute Gasteiger partial charge is 0.0520 e. The minimum absolute atomic E-state index is 0.189. The van der Waals surface area contributed by atoms with Gasteiger partial charge in [0.25, 0.3) is 0 Å². The van der Waals surface area contributed by atoms with Gasteiger partial charge >= 0.3 is 0 Å². The first-order chi connectivity index (χ1) is 10.1. The molecular weight excluding hydrogens is 278 g/mol. The fraction of sp³-hybridized carbons (Fsp3) is 0.778. The molecule has 0 bridgehead atoms. The van der Waals surface area contributed by atoms with Gasteiger partial charge in [-0.15, -0.1) is 10.2 Å². The molecule has 1 aliphatic carbocycles. The van der Waals surface area contributed by atoms with Crippen LogP contribution in [-0.2, 0) is 0 Å². The van der Waals surface area contributed by atoms with Gasteiger partial charge in [-0.25, -0.2) is 0 Å². The molecule has 0 aromatic heterocycles. The van der Waals surface area contributed by atoms with Gasteiger partial charge in [-0.2, -0.15) is 0 Å². The topological polar surface area (TPSA) is 23.5 Å². The van der Waals surface area contributed by atoms with Crippen LogP contribution in [-0.4, -0.2) is 34.4 Å². The maximum atomic E-state index is 9.72. The molecule has 1 aliphatic heterocycles. The molecule has 1 fully saturated rings. The molecule has 0 aromatic rings. The SMILES string of the molecule is CCN(CC)S1(CCC(C)O)C=CC(C2CCCCC2)=C1. The maximum absolute atomic E-state index is 9.72. The van der Waals surface area contributed by atoms with Crippen molar-refractivity contribution in [3.8, 4) is 0 Å². The Morgan fingerprint density at radius 2 is 1.90 bits per heavy atom. The van der Waals surface area contributed by atoms with Crippen molar-refractivity contribution in [2.75, 3.05) is 18.8 Å². The third-order valence-electron chi connectivity index (χ3n) is 4.96. The molecule has 3 heteroatoms. The fourth-order valence-corrected chi connectivity index (χ4v) is 7.39. The summed E-state index contributed by atoms with van der Waals surface area (Å²) in [6.45, 7) is 8.65. The molecule has 0 amide bonds. The van der Waals surface area contributed by atoms with Gasteiger partial charge in [0.2, 0.25) is 0 Å². The van der Waals surface area contributed by atoms with Crippen molar-refractivity contribution in [1.82, 2.24) is 4.31 Å². The zero-order valence-electron chi connectivity index (χ0n) is 14.1. The molecule has 0 spiro atoms. The number of aliphatic hydroxyl groups excluding tert-OH is 1. The lowest BCUT2D eigenvalue weighted by atomic mass is 9.84. The highest BCUT2D eigenvalue weighted by atomic mass is 32.3. The van der Waals surface area contributed by atoms with Crippen molar-refractivity contribution in [3.05, 3.63) is 22.5 Å². The fourth-order valence-electron chi connectivity index (χ4n) is 3.66. The Hall–Kier alpha value is -0.250. The predicted octanol–water partition coefficient (Wildman–Crippen LogP) is 4.81. The Morgan fingerprint density at radius 3 is 2.48 bits per heavy atom. The summed E-state index contributed by atoms with van der Waals surface area (Å²) >= 11 is 0. The molecule has 2 atom stereocenters. The van der Waals surface area contributed by atoms with E-state index in [0.29, 0.717) is 0 Å². The van der Waals surface area contributed by atoms with E-state index in [0.717, 1.165) is 31.2 Å². The Balaban J connectivity index is 2.16. The highest BCUT2D eigenvalue weighted by Gasteiger charge is 2.31. The van der Waals surface area contributed by atoms with Crippen LogP contribution in [0.3, 0.4) is 0 Å². The van der Waals surface area contributed by atoms with E-state index in [-0.39, 0.29) is 6.10 Å². The monoisotopic (exact) mass is 311 g/mol. The number of hydrogen-bond acceptors (Lipinski definition) is 2. The van der Waals surface area contributed by atoms with Crippen LogP contribution in [0.1, 0.15) is 59.3 Å². The second kappa shape index (κ2) is 7.85. The summed E-state index contributed by atoms with van der Waals surface area (Å²) in [6.07, 6.45) is 10.1. The summed E-state index contributed by atoms with van der Waals surface area (Å²) in [5.41, 5.74) is 1.60. The first kappa shape index (κ1) is 17.1. The zero-order chi connectivity index (χ0) is 15.3. The van der Waals surface area contributed by atoms with E-state index in [1.165, 1.54) is 32.1 Å². The van der Waals surface area contributed by atoms with Crippen LogP contribution in [0.5, 0.6) is 0 Å². The Labute approximate surface area is 132 Å². The van der Waals surface area contributed by atoms with E-state index in [9.17, 15) is 5.11 Å². The Kier molecular flexibility index (Phi) is 6.39. The average molecular weight is 312 g/mol. The minimum Gasteiger partial charge on any atom is -0.393 e. The van der Waals surface area contributed by atoms with Crippen molar-refractivity contribution in [2.45, 2.75) is 65.4 Å². The maximum Gasteiger partial charge on any atom is 0.0520 e. The predicted molar refractivity (Wildman–Crippen MR) is 95.5 cm³/mol. The van der Waals surface area contributed by atoms with Crippen molar-refractivity contribution in [2.24, 2.45) is 5.92 Å². The summed E-state index contributed by atoms with van der Waals surface area (Å²) < 4.78 is 2.63. The van der Waals surface area contributed by atoms with Gasteiger partial charge in [0.15, 0.2) is 0 Å². The van der Waals surface area contributed by atoms with Crippen LogP contribution in [0.25, 0.3) is 0 Å². The van der Waals surface area contributed by atoms with Crippen LogP contribution in [0.2, 0.25) is 0 Å². The molecule has 2 aliphatic rings. The first-order valence-corrected chi connectivity index (χ1v) is 10.6. The molecule has 0 aromatic carbocycles. The van der Waals surface area contributed by atoms with Gasteiger partial charge in [0.05, 0.1) is 6.10 Å². The van der Waals surface area contributed by atoms with E-state index in [4.69, 9.17) is 0 Å². The third kappa shape index (κ3) is 4.14. The summed E-state index contributed by atoms with van der Waals surface area (Å²) in [6, 6.07) is 0. The molecule has 1 N–H and O–H groups in total. The lowest BCUT2D eigenvalue weighted by Gasteiger charge is -2.43. The first-order valence-electron chi connectivity index (χ1n) is 8.75. The number of aliphatic hydroxyl groups is 1. The largest absolute Gasteiger partial charge is 0.393 e. The van der Waals surface area contributed by atoms with Gasteiger partial charge < -0.3 is 5.11 Å². The van der Waals surface area contributed by atoms with Crippen LogP contribution in [0.4, 0.5) is 0 Å². The lowest BCUT2D eigenvalue weighted by Crippen LogP contribution is -2.27. The molecule has 21 heavy (non-hydrogen) atoms. The quantitative estimate of drug-likeness (QED) is 0.729. The molecular formula is C18H33NOS. The van der Waals surface area contributed by atoms with E-state index in [1.807, 2.05) is 6.92 Å². The minimum atomic E-state index is -0.965. The van der Waals surface area contributed by atoms with Gasteiger partial charge in [0.1, 0.15) is 0 Å². The number of allylic oxidation sites excluding steroid dienone is 2. The van der Waals surface area contributed by atoms with E-state index < -0.39 is 10.2 Å². The van der Waals surface area contributed by atoms with Crippen molar-refractivity contribution in [3.63, 3.8) is 0 Å². The molecule has 122 valence electrons. The summed E-state index contributed by atoms with van der Waals surface area (Å²) in [5, 5.41) is 14.8. The molecule has 2 nitrogen and oxygen atoms in total. The van der Waals surface area contributed by atoms with Gasteiger partial charge in [-0.05, 0) is 54.2 Å². The van der Waals surface area contributed by atoms with Crippen LogP contribution in [0, 0.1) is 5.92 Å². The molecule has 1 saturated carbocycles. The second-order valence-electron chi connectivity index (χ2n) is 6.52. The van der Waals surface area contributed by atoms with Crippen molar-refractivity contribution >= 4 is 10.2 Å². The van der Waals surface area contributed by atoms with Gasteiger partial charge in [-0.3, -0.25) is 4.31 Å². The van der Waals surface area contributed by atoms with Crippen LogP contribution >= 0.6 is 10.2 Å². The zero-order valence-corrected chi connectivity index (χ0v) is 14.9. The lowest BCUT2D eigenvalue weighted by molar-refractivity contribution is 0.191. The van der Waals surface area contributed by atoms with Crippen LogP contribution < -0.4 is 0 Å². The molecule has 1 heterocycles. The van der Waals surface area contributed by atoms with Crippen molar-refractivity contribution in [1.29, 1.82) is 0 Å². The number of nitrogens with zero attached hydrogens (tertiary/aromatic N) is 1. The highest BCUT2D eigenvalue weighted by Crippen LogP contribution is 2.60. The van der Waals surface area contributed by atoms with Crippen LogP contribution in [0.15, 0.2) is 22.5 Å². The second-order valence-corrected chi connectivity index (χ2v) is 9.57. The summed E-state index contributed by atoms with van der Waals surface area (Å²) in [4.78, 5) is 0. The van der Waals surface area contributed by atoms with Crippen molar-refractivity contribution < 1.29 is 5.11 Å².